The predicted octanol–water partition coefficient (Wildman–Crippen LogP) is 4.56. The molecule has 150 valence electrons. The highest BCUT2D eigenvalue weighted by Crippen LogP contribution is 2.28. The Labute approximate surface area is 173 Å². The summed E-state index contributed by atoms with van der Waals surface area (Å²) in [5.74, 6) is 6.40. The van der Waals surface area contributed by atoms with E-state index in [1.807, 2.05) is 18.2 Å². The van der Waals surface area contributed by atoms with Crippen LogP contribution in [-0.2, 0) is 20.6 Å². The van der Waals surface area contributed by atoms with Gasteiger partial charge in [0, 0.05) is 0 Å². The SMILES string of the molecule is C=CC[C@@H]1C=C[C@@H]2O[C@@H]3C/C=C\C#C[C@@H](CCc4ccccc4)O[C@H]3C=C[C@H]2O1. The van der Waals surface area contributed by atoms with Crippen LogP contribution in [0.1, 0.15) is 24.8 Å². The highest BCUT2D eigenvalue weighted by molar-refractivity contribution is 5.22. The number of aryl methyl sites for hydroxylation is 1. The molecule has 3 heterocycles. The lowest BCUT2D eigenvalue weighted by atomic mass is 10.1. The average Bonchev–Trinajstić information content (AvgIpc) is 2.84. The molecule has 0 unspecified atom stereocenters. The van der Waals surface area contributed by atoms with Crippen LogP contribution in [0.4, 0.5) is 0 Å². The first-order chi connectivity index (χ1) is 14.3. The molecule has 0 saturated carbocycles. The van der Waals surface area contributed by atoms with Crippen molar-refractivity contribution in [2.75, 3.05) is 0 Å². The molecule has 0 aromatic heterocycles. The summed E-state index contributed by atoms with van der Waals surface area (Å²) in [6, 6.07) is 10.5. The maximum Gasteiger partial charge on any atom is 0.119 e. The minimum absolute atomic E-state index is 0.0567. The van der Waals surface area contributed by atoms with Crippen molar-refractivity contribution in [1.29, 1.82) is 0 Å². The van der Waals surface area contributed by atoms with Gasteiger partial charge >= 0.3 is 0 Å². The fourth-order valence-electron chi connectivity index (χ4n) is 3.90. The van der Waals surface area contributed by atoms with Gasteiger partial charge < -0.3 is 14.2 Å². The number of hydrogen-bond acceptors (Lipinski definition) is 3. The quantitative estimate of drug-likeness (QED) is 0.547. The second-order valence-corrected chi connectivity index (χ2v) is 7.61. The van der Waals surface area contributed by atoms with Crippen LogP contribution in [0.2, 0.25) is 0 Å². The standard InChI is InChI=1S/C26H28O3/c1-2-9-21-16-17-26-25(27-21)19-18-24-23(29-26)13-8-4-7-12-22(28-24)15-14-20-10-5-3-6-11-20/h2-6,8,10-11,16-19,21-26H,1,9,13-15H2/b8-4-/t21-,22+,23-,24+,25-,26+/m1/s1. The first kappa shape index (κ1) is 19.9. The molecule has 0 saturated heterocycles. The molecule has 0 fully saturated rings. The van der Waals surface area contributed by atoms with Crippen molar-refractivity contribution < 1.29 is 14.2 Å². The van der Waals surface area contributed by atoms with Crippen molar-refractivity contribution in [3.05, 3.63) is 85.0 Å². The second kappa shape index (κ2) is 9.89. The van der Waals surface area contributed by atoms with Crippen molar-refractivity contribution in [3.8, 4) is 11.8 Å². The van der Waals surface area contributed by atoms with E-state index in [4.69, 9.17) is 14.2 Å². The Bertz CT molecular complexity index is 827. The molecule has 0 aliphatic carbocycles. The van der Waals surface area contributed by atoms with Crippen LogP contribution in [0.15, 0.2) is 79.4 Å². The molecule has 6 atom stereocenters. The van der Waals surface area contributed by atoms with Crippen LogP contribution in [0.5, 0.6) is 0 Å². The summed E-state index contributed by atoms with van der Waals surface area (Å²) in [5.41, 5.74) is 1.30. The largest absolute Gasteiger partial charge is 0.364 e. The number of hydrogen-bond donors (Lipinski definition) is 0. The minimum Gasteiger partial charge on any atom is -0.364 e. The average molecular weight is 389 g/mol. The predicted molar refractivity (Wildman–Crippen MR) is 115 cm³/mol. The van der Waals surface area contributed by atoms with Gasteiger partial charge in [-0.2, -0.15) is 0 Å². The maximum atomic E-state index is 6.44. The van der Waals surface area contributed by atoms with Crippen LogP contribution in [-0.4, -0.2) is 36.6 Å². The van der Waals surface area contributed by atoms with Gasteiger partial charge in [0.05, 0.1) is 12.2 Å². The van der Waals surface area contributed by atoms with Crippen molar-refractivity contribution >= 4 is 0 Å². The van der Waals surface area contributed by atoms with Gasteiger partial charge in [0.2, 0.25) is 0 Å². The minimum atomic E-state index is -0.145. The van der Waals surface area contributed by atoms with Crippen LogP contribution < -0.4 is 0 Å². The second-order valence-electron chi connectivity index (χ2n) is 7.61. The third-order valence-electron chi connectivity index (χ3n) is 5.43. The molecule has 3 heteroatoms. The summed E-state index contributed by atoms with van der Waals surface area (Å²) in [6.45, 7) is 3.81. The van der Waals surface area contributed by atoms with E-state index >= 15 is 0 Å². The molecule has 3 aliphatic heterocycles. The van der Waals surface area contributed by atoms with Crippen LogP contribution in [0, 0.1) is 11.8 Å². The zero-order chi connectivity index (χ0) is 19.9. The van der Waals surface area contributed by atoms with Gasteiger partial charge in [0.25, 0.3) is 0 Å². The van der Waals surface area contributed by atoms with Gasteiger partial charge in [0.15, 0.2) is 0 Å². The van der Waals surface area contributed by atoms with E-state index in [9.17, 15) is 0 Å². The Morgan fingerprint density at radius 1 is 0.966 bits per heavy atom. The molecular formula is C26H28O3. The van der Waals surface area contributed by atoms with E-state index in [2.05, 4.69) is 73.1 Å². The van der Waals surface area contributed by atoms with E-state index in [1.165, 1.54) is 5.56 Å². The van der Waals surface area contributed by atoms with Gasteiger partial charge in [-0.05, 0) is 37.3 Å². The lowest BCUT2D eigenvalue weighted by Crippen LogP contribution is -2.39. The van der Waals surface area contributed by atoms with Gasteiger partial charge in [-0.1, -0.05) is 78.6 Å². The summed E-state index contributed by atoms with van der Waals surface area (Å²) in [5, 5.41) is 0. The summed E-state index contributed by atoms with van der Waals surface area (Å²) in [4.78, 5) is 0. The summed E-state index contributed by atoms with van der Waals surface area (Å²) < 4.78 is 19.0. The molecule has 3 nitrogen and oxygen atoms in total. The Kier molecular flexibility index (Phi) is 6.79. The van der Waals surface area contributed by atoms with E-state index in [-0.39, 0.29) is 36.6 Å². The monoisotopic (exact) mass is 388 g/mol. The molecule has 0 amide bonds. The van der Waals surface area contributed by atoms with E-state index < -0.39 is 0 Å². The van der Waals surface area contributed by atoms with Gasteiger partial charge in [-0.3, -0.25) is 0 Å². The first-order valence-corrected chi connectivity index (χ1v) is 10.5. The summed E-state index contributed by atoms with van der Waals surface area (Å²) in [7, 11) is 0. The zero-order valence-electron chi connectivity index (χ0n) is 16.7. The molecule has 3 aliphatic rings. The number of fused-ring (bicyclic) bond motifs is 2. The molecular weight excluding hydrogens is 360 g/mol. The van der Waals surface area contributed by atoms with Crippen LogP contribution >= 0.6 is 0 Å². The third-order valence-corrected chi connectivity index (χ3v) is 5.43. The highest BCUT2D eigenvalue weighted by atomic mass is 16.6. The van der Waals surface area contributed by atoms with Crippen LogP contribution in [0.25, 0.3) is 0 Å². The van der Waals surface area contributed by atoms with Crippen molar-refractivity contribution in [2.24, 2.45) is 0 Å². The molecule has 0 N–H and O–H groups in total. The molecule has 0 spiro atoms. The summed E-state index contributed by atoms with van der Waals surface area (Å²) >= 11 is 0. The highest BCUT2D eigenvalue weighted by Gasteiger charge is 2.34. The fourth-order valence-corrected chi connectivity index (χ4v) is 3.90. The lowest BCUT2D eigenvalue weighted by Gasteiger charge is -2.32. The lowest BCUT2D eigenvalue weighted by molar-refractivity contribution is -0.116. The number of ether oxygens (including phenoxy) is 3. The Morgan fingerprint density at radius 2 is 1.76 bits per heavy atom. The van der Waals surface area contributed by atoms with Gasteiger partial charge in [0.1, 0.15) is 24.4 Å². The molecule has 1 aromatic rings. The maximum absolute atomic E-state index is 6.44. The van der Waals surface area contributed by atoms with E-state index in [0.29, 0.717) is 0 Å². The van der Waals surface area contributed by atoms with Crippen molar-refractivity contribution in [2.45, 2.75) is 62.3 Å². The third kappa shape index (κ3) is 5.36. The molecule has 1 aromatic carbocycles. The summed E-state index contributed by atoms with van der Waals surface area (Å²) in [6.07, 6.45) is 17.2. The Balaban J connectivity index is 1.46. The Morgan fingerprint density at radius 3 is 2.62 bits per heavy atom. The molecule has 0 radical (unpaired) electrons. The smallest absolute Gasteiger partial charge is 0.119 e. The van der Waals surface area contributed by atoms with Crippen molar-refractivity contribution in [3.63, 3.8) is 0 Å². The number of rotatable bonds is 5. The fraction of sp³-hybridized carbons (Fsp3) is 0.385. The number of allylic oxidation sites excluding steroid dienone is 1. The van der Waals surface area contributed by atoms with E-state index in [0.717, 1.165) is 25.7 Å². The van der Waals surface area contributed by atoms with Gasteiger partial charge in [-0.25, -0.2) is 0 Å². The molecule has 4 rings (SSSR count). The zero-order valence-corrected chi connectivity index (χ0v) is 16.7. The normalized spacial score (nSPS) is 34.2. The van der Waals surface area contributed by atoms with Crippen molar-refractivity contribution in [1.82, 2.24) is 0 Å². The molecule has 0 bridgehead atoms. The van der Waals surface area contributed by atoms with Gasteiger partial charge in [-0.15, -0.1) is 6.58 Å². The Hall–Kier alpha value is -2.38. The molecule has 29 heavy (non-hydrogen) atoms. The van der Waals surface area contributed by atoms with Crippen LogP contribution in [0.3, 0.4) is 0 Å². The topological polar surface area (TPSA) is 27.7 Å². The van der Waals surface area contributed by atoms with E-state index in [1.54, 1.807) is 0 Å². The first-order valence-electron chi connectivity index (χ1n) is 10.5. The number of benzene rings is 1.